The third-order valence-corrected chi connectivity index (χ3v) is 3.68. The van der Waals surface area contributed by atoms with Crippen LogP contribution in [0.4, 0.5) is 0 Å². The van der Waals surface area contributed by atoms with Gasteiger partial charge in [-0.25, -0.2) is 9.67 Å². The molecule has 0 radical (unpaired) electrons. The number of hydrogen-bond acceptors (Lipinski definition) is 3. The summed E-state index contributed by atoms with van der Waals surface area (Å²) in [6, 6.07) is 2.85. The number of hydrogen-bond donors (Lipinski definition) is 0. The summed E-state index contributed by atoms with van der Waals surface area (Å²) in [6.45, 7) is 4.19. The summed E-state index contributed by atoms with van der Waals surface area (Å²) in [5, 5.41) is 13.7. The van der Waals surface area contributed by atoms with Crippen molar-refractivity contribution in [2.75, 3.05) is 0 Å². The molecular formula is C13H20N4. The Balaban J connectivity index is 2.18. The maximum absolute atomic E-state index is 9.46. The van der Waals surface area contributed by atoms with Gasteiger partial charge in [-0.1, -0.05) is 19.3 Å². The lowest BCUT2D eigenvalue weighted by atomic mass is 9.73. The van der Waals surface area contributed by atoms with Crippen LogP contribution in [0, 0.1) is 16.7 Å². The van der Waals surface area contributed by atoms with Crippen molar-refractivity contribution in [3.8, 4) is 6.07 Å². The summed E-state index contributed by atoms with van der Waals surface area (Å²) in [4.78, 5) is 4.33. The first kappa shape index (κ1) is 12.1. The van der Waals surface area contributed by atoms with E-state index in [0.29, 0.717) is 6.04 Å². The van der Waals surface area contributed by atoms with Crippen LogP contribution in [0.15, 0.2) is 6.33 Å². The molecule has 0 bridgehead atoms. The van der Waals surface area contributed by atoms with Crippen LogP contribution >= 0.6 is 0 Å². The zero-order chi connectivity index (χ0) is 12.3. The molecule has 1 aromatic heterocycles. The molecule has 4 nitrogen and oxygen atoms in total. The molecule has 1 fully saturated rings. The lowest BCUT2D eigenvalue weighted by Crippen LogP contribution is -2.27. The average Bonchev–Trinajstić information content (AvgIpc) is 2.78. The van der Waals surface area contributed by atoms with Gasteiger partial charge in [-0.15, -0.1) is 0 Å². The first-order valence-electron chi connectivity index (χ1n) is 6.46. The Labute approximate surface area is 103 Å². The highest BCUT2D eigenvalue weighted by atomic mass is 15.3. The van der Waals surface area contributed by atoms with Crippen molar-refractivity contribution < 1.29 is 0 Å². The monoisotopic (exact) mass is 232 g/mol. The van der Waals surface area contributed by atoms with Crippen molar-refractivity contribution in [1.29, 1.82) is 5.26 Å². The van der Waals surface area contributed by atoms with E-state index in [1.54, 1.807) is 6.33 Å². The van der Waals surface area contributed by atoms with Crippen LogP contribution < -0.4 is 0 Å². The summed E-state index contributed by atoms with van der Waals surface area (Å²) < 4.78 is 1.94. The zero-order valence-corrected chi connectivity index (χ0v) is 10.7. The van der Waals surface area contributed by atoms with E-state index in [0.717, 1.165) is 25.1 Å². The molecule has 0 aliphatic heterocycles. The van der Waals surface area contributed by atoms with E-state index in [1.807, 2.05) is 4.68 Å². The van der Waals surface area contributed by atoms with Gasteiger partial charge in [-0.05, 0) is 26.7 Å². The molecule has 1 aliphatic rings. The number of nitrogens with zero attached hydrogens (tertiary/aromatic N) is 4. The van der Waals surface area contributed by atoms with E-state index in [2.05, 4.69) is 30.0 Å². The van der Waals surface area contributed by atoms with Crippen molar-refractivity contribution in [2.45, 2.75) is 58.4 Å². The van der Waals surface area contributed by atoms with Gasteiger partial charge in [0.25, 0.3) is 0 Å². The molecule has 4 heteroatoms. The minimum Gasteiger partial charge on any atom is -0.248 e. The molecule has 0 spiro atoms. The first-order chi connectivity index (χ1) is 8.17. The topological polar surface area (TPSA) is 54.5 Å². The lowest BCUT2D eigenvalue weighted by Gasteiger charge is -2.30. The van der Waals surface area contributed by atoms with Gasteiger partial charge in [0, 0.05) is 12.5 Å². The van der Waals surface area contributed by atoms with E-state index >= 15 is 0 Å². The van der Waals surface area contributed by atoms with Crippen molar-refractivity contribution in [1.82, 2.24) is 14.8 Å². The van der Waals surface area contributed by atoms with Crippen LogP contribution in [0.5, 0.6) is 0 Å². The normalized spacial score (nSPS) is 19.2. The van der Waals surface area contributed by atoms with Gasteiger partial charge in [0.15, 0.2) is 0 Å². The fourth-order valence-electron chi connectivity index (χ4n) is 2.69. The Bertz CT molecular complexity index is 407. The summed E-state index contributed by atoms with van der Waals surface area (Å²) in [5.41, 5.74) is -0.197. The molecule has 1 aliphatic carbocycles. The van der Waals surface area contributed by atoms with Gasteiger partial charge in [0.2, 0.25) is 0 Å². The summed E-state index contributed by atoms with van der Waals surface area (Å²) in [7, 11) is 0. The maximum Gasteiger partial charge on any atom is 0.138 e. The van der Waals surface area contributed by atoms with E-state index in [4.69, 9.17) is 0 Å². The minimum atomic E-state index is -0.197. The molecular weight excluding hydrogens is 212 g/mol. The molecule has 0 saturated heterocycles. The molecule has 0 unspecified atom stereocenters. The van der Waals surface area contributed by atoms with Gasteiger partial charge in [-0.3, -0.25) is 0 Å². The Kier molecular flexibility index (Phi) is 3.46. The molecule has 2 rings (SSSR count). The zero-order valence-electron chi connectivity index (χ0n) is 10.7. The summed E-state index contributed by atoms with van der Waals surface area (Å²) in [5.74, 6) is 0.962. The quantitative estimate of drug-likeness (QED) is 0.805. The van der Waals surface area contributed by atoms with Crippen LogP contribution in [-0.2, 0) is 6.42 Å². The first-order valence-corrected chi connectivity index (χ1v) is 6.46. The molecule has 0 amide bonds. The highest BCUT2D eigenvalue weighted by Crippen LogP contribution is 2.38. The molecule has 1 heterocycles. The van der Waals surface area contributed by atoms with Crippen molar-refractivity contribution in [3.05, 3.63) is 12.2 Å². The molecule has 92 valence electrons. The van der Waals surface area contributed by atoms with Gasteiger partial charge in [0.1, 0.15) is 12.2 Å². The molecule has 1 aromatic rings. The third-order valence-electron chi connectivity index (χ3n) is 3.68. The van der Waals surface area contributed by atoms with Crippen molar-refractivity contribution in [3.63, 3.8) is 0 Å². The molecule has 17 heavy (non-hydrogen) atoms. The Morgan fingerprint density at radius 1 is 1.41 bits per heavy atom. The van der Waals surface area contributed by atoms with Crippen LogP contribution in [0.1, 0.15) is 57.8 Å². The van der Waals surface area contributed by atoms with E-state index < -0.39 is 0 Å². The van der Waals surface area contributed by atoms with Crippen molar-refractivity contribution in [2.24, 2.45) is 5.41 Å². The summed E-state index contributed by atoms with van der Waals surface area (Å²) in [6.07, 6.45) is 7.97. The maximum atomic E-state index is 9.46. The number of nitriles is 1. The van der Waals surface area contributed by atoms with Gasteiger partial charge < -0.3 is 0 Å². The molecule has 0 atom stereocenters. The predicted octanol–water partition coefficient (Wildman–Crippen LogP) is 2.88. The fraction of sp³-hybridized carbons (Fsp3) is 0.769. The molecule has 1 saturated carbocycles. The molecule has 0 N–H and O–H groups in total. The van der Waals surface area contributed by atoms with Crippen LogP contribution in [0.25, 0.3) is 0 Å². The lowest BCUT2D eigenvalue weighted by molar-refractivity contribution is 0.256. The smallest absolute Gasteiger partial charge is 0.138 e. The Morgan fingerprint density at radius 2 is 2.12 bits per heavy atom. The Hall–Kier alpha value is -1.37. The largest absolute Gasteiger partial charge is 0.248 e. The fourth-order valence-corrected chi connectivity index (χ4v) is 2.69. The second kappa shape index (κ2) is 4.87. The van der Waals surface area contributed by atoms with E-state index in [9.17, 15) is 5.26 Å². The third kappa shape index (κ3) is 2.49. The highest BCUT2D eigenvalue weighted by Gasteiger charge is 2.34. The van der Waals surface area contributed by atoms with Gasteiger partial charge >= 0.3 is 0 Å². The SMILES string of the molecule is CC(C)n1ncnc1CC1(C#N)CCCCC1. The highest BCUT2D eigenvalue weighted by molar-refractivity contribution is 5.07. The average molecular weight is 232 g/mol. The summed E-state index contributed by atoms with van der Waals surface area (Å²) >= 11 is 0. The van der Waals surface area contributed by atoms with E-state index in [1.165, 1.54) is 19.3 Å². The predicted molar refractivity (Wildman–Crippen MR) is 65.2 cm³/mol. The second-order valence-corrected chi connectivity index (χ2v) is 5.34. The van der Waals surface area contributed by atoms with Gasteiger partial charge in [-0.2, -0.15) is 10.4 Å². The second-order valence-electron chi connectivity index (χ2n) is 5.34. The Morgan fingerprint density at radius 3 is 2.71 bits per heavy atom. The van der Waals surface area contributed by atoms with Crippen LogP contribution in [-0.4, -0.2) is 14.8 Å². The van der Waals surface area contributed by atoms with Gasteiger partial charge in [0.05, 0.1) is 11.5 Å². The van der Waals surface area contributed by atoms with Crippen molar-refractivity contribution >= 4 is 0 Å². The number of rotatable bonds is 3. The van der Waals surface area contributed by atoms with Crippen LogP contribution in [0.2, 0.25) is 0 Å². The number of aromatic nitrogens is 3. The van der Waals surface area contributed by atoms with Crippen LogP contribution in [0.3, 0.4) is 0 Å². The molecule has 0 aromatic carbocycles. The van der Waals surface area contributed by atoms with E-state index in [-0.39, 0.29) is 5.41 Å². The standard InChI is InChI=1S/C13H20N4/c1-11(2)17-12(15-10-16-17)8-13(9-14)6-4-3-5-7-13/h10-11H,3-8H2,1-2H3. The minimum absolute atomic E-state index is 0.197.